The van der Waals surface area contributed by atoms with Crippen molar-refractivity contribution >= 4 is 11.6 Å². The molecular formula is C15H19ClFN. The molecule has 0 saturated heterocycles. The van der Waals surface area contributed by atoms with E-state index in [4.69, 9.17) is 11.6 Å². The van der Waals surface area contributed by atoms with Gasteiger partial charge in [-0.2, -0.15) is 0 Å². The number of nitrogens with one attached hydrogen (secondary N) is 1. The first-order chi connectivity index (χ1) is 8.52. The third-order valence-electron chi connectivity index (χ3n) is 3.47. The van der Waals surface area contributed by atoms with E-state index in [1.807, 2.05) is 6.08 Å². The van der Waals surface area contributed by atoms with Crippen molar-refractivity contribution in [2.45, 2.75) is 32.2 Å². The summed E-state index contributed by atoms with van der Waals surface area (Å²) < 4.78 is 13.3. The van der Waals surface area contributed by atoms with Crippen molar-refractivity contribution in [2.75, 3.05) is 6.54 Å². The predicted molar refractivity (Wildman–Crippen MR) is 74.4 cm³/mol. The molecule has 1 aliphatic rings. The molecule has 1 atom stereocenters. The zero-order valence-corrected chi connectivity index (χ0v) is 11.4. The summed E-state index contributed by atoms with van der Waals surface area (Å²) in [5.41, 5.74) is 0.747. The van der Waals surface area contributed by atoms with Gasteiger partial charge in [-0.1, -0.05) is 24.6 Å². The van der Waals surface area contributed by atoms with Gasteiger partial charge >= 0.3 is 0 Å². The summed E-state index contributed by atoms with van der Waals surface area (Å²) in [4.78, 5) is 0. The van der Waals surface area contributed by atoms with Gasteiger partial charge in [0, 0.05) is 23.0 Å². The SMILES string of the molecule is C=CC(C)(CNC1CC1)Cc1cc(F)ccc1Cl. The summed E-state index contributed by atoms with van der Waals surface area (Å²) in [6.07, 6.45) is 5.15. The van der Waals surface area contributed by atoms with Crippen LogP contribution < -0.4 is 5.32 Å². The minimum atomic E-state index is -0.240. The lowest BCUT2D eigenvalue weighted by Gasteiger charge is -2.27. The highest BCUT2D eigenvalue weighted by molar-refractivity contribution is 6.31. The molecule has 1 fully saturated rings. The first kappa shape index (κ1) is 13.6. The highest BCUT2D eigenvalue weighted by Gasteiger charge is 2.27. The smallest absolute Gasteiger partial charge is 0.123 e. The topological polar surface area (TPSA) is 12.0 Å². The molecule has 98 valence electrons. The summed E-state index contributed by atoms with van der Waals surface area (Å²) in [6.45, 7) is 6.88. The average molecular weight is 268 g/mol. The second-order valence-electron chi connectivity index (χ2n) is 5.43. The summed E-state index contributed by atoms with van der Waals surface area (Å²) in [6, 6.07) is 5.18. The van der Waals surface area contributed by atoms with Crippen LogP contribution in [0, 0.1) is 11.2 Å². The summed E-state index contributed by atoms with van der Waals surface area (Å²) in [7, 11) is 0. The van der Waals surface area contributed by atoms with Crippen LogP contribution in [0.15, 0.2) is 30.9 Å². The van der Waals surface area contributed by atoms with Crippen LogP contribution in [0.3, 0.4) is 0 Å². The van der Waals surface area contributed by atoms with E-state index < -0.39 is 0 Å². The Kier molecular flexibility index (Phi) is 4.08. The van der Waals surface area contributed by atoms with Crippen molar-refractivity contribution in [2.24, 2.45) is 5.41 Å². The first-order valence-electron chi connectivity index (χ1n) is 6.33. The third kappa shape index (κ3) is 3.56. The molecule has 1 N–H and O–H groups in total. The number of rotatable bonds is 6. The molecule has 0 heterocycles. The molecule has 1 nitrogen and oxygen atoms in total. The quantitative estimate of drug-likeness (QED) is 0.769. The molecule has 0 aromatic heterocycles. The maximum absolute atomic E-state index is 13.3. The van der Waals surface area contributed by atoms with Gasteiger partial charge in [-0.3, -0.25) is 0 Å². The highest BCUT2D eigenvalue weighted by atomic mass is 35.5. The fourth-order valence-electron chi connectivity index (χ4n) is 1.99. The Morgan fingerprint density at radius 2 is 2.28 bits per heavy atom. The standard InChI is InChI=1S/C15H19ClFN/c1-3-15(2,10-18-13-5-6-13)9-11-8-12(17)4-7-14(11)16/h3-4,7-8,13,18H,1,5-6,9-10H2,2H3. The number of hydrogen-bond donors (Lipinski definition) is 1. The van der Waals surface area contributed by atoms with E-state index in [1.54, 1.807) is 6.07 Å². The zero-order chi connectivity index (χ0) is 13.2. The summed E-state index contributed by atoms with van der Waals surface area (Å²) >= 11 is 6.11. The van der Waals surface area contributed by atoms with Crippen molar-refractivity contribution in [3.8, 4) is 0 Å². The van der Waals surface area contributed by atoms with Gasteiger partial charge in [0.15, 0.2) is 0 Å². The van der Waals surface area contributed by atoms with E-state index in [-0.39, 0.29) is 11.2 Å². The Morgan fingerprint density at radius 1 is 1.56 bits per heavy atom. The minimum Gasteiger partial charge on any atom is -0.313 e. The molecule has 0 bridgehead atoms. The molecule has 1 aromatic carbocycles. The van der Waals surface area contributed by atoms with Crippen molar-refractivity contribution in [1.29, 1.82) is 0 Å². The lowest BCUT2D eigenvalue weighted by molar-refractivity contribution is 0.388. The van der Waals surface area contributed by atoms with E-state index in [1.165, 1.54) is 25.0 Å². The van der Waals surface area contributed by atoms with Gasteiger partial charge in [-0.25, -0.2) is 4.39 Å². The van der Waals surface area contributed by atoms with E-state index in [0.717, 1.165) is 12.1 Å². The van der Waals surface area contributed by atoms with E-state index in [0.29, 0.717) is 17.5 Å². The Bertz CT molecular complexity index is 442. The number of benzene rings is 1. The van der Waals surface area contributed by atoms with Gasteiger partial charge in [0.2, 0.25) is 0 Å². The van der Waals surface area contributed by atoms with Crippen LogP contribution in [0.5, 0.6) is 0 Å². The molecule has 2 rings (SSSR count). The molecule has 0 aliphatic heterocycles. The third-order valence-corrected chi connectivity index (χ3v) is 3.84. The minimum absolute atomic E-state index is 0.0972. The van der Waals surface area contributed by atoms with E-state index in [9.17, 15) is 4.39 Å². The van der Waals surface area contributed by atoms with Gasteiger partial charge in [-0.15, -0.1) is 6.58 Å². The Labute approximate surface area is 113 Å². The lowest BCUT2D eigenvalue weighted by Crippen LogP contribution is -2.33. The Balaban J connectivity index is 2.07. The Morgan fingerprint density at radius 3 is 2.89 bits per heavy atom. The fourth-order valence-corrected chi connectivity index (χ4v) is 2.17. The monoisotopic (exact) mass is 267 g/mol. The molecule has 18 heavy (non-hydrogen) atoms. The van der Waals surface area contributed by atoms with Crippen LogP contribution >= 0.6 is 11.6 Å². The molecule has 0 spiro atoms. The van der Waals surface area contributed by atoms with Gasteiger partial charge in [-0.05, 0) is 43.0 Å². The zero-order valence-electron chi connectivity index (χ0n) is 10.7. The van der Waals surface area contributed by atoms with Gasteiger partial charge in [0.05, 0.1) is 0 Å². The van der Waals surface area contributed by atoms with Crippen LogP contribution in [-0.2, 0) is 6.42 Å². The average Bonchev–Trinajstić information content (AvgIpc) is 3.15. The van der Waals surface area contributed by atoms with Crippen LogP contribution in [0.1, 0.15) is 25.3 Å². The van der Waals surface area contributed by atoms with Crippen LogP contribution in [-0.4, -0.2) is 12.6 Å². The Hall–Kier alpha value is -0.860. The number of halogens is 2. The van der Waals surface area contributed by atoms with Gasteiger partial charge in [0.1, 0.15) is 5.82 Å². The molecule has 1 aromatic rings. The van der Waals surface area contributed by atoms with E-state index in [2.05, 4.69) is 18.8 Å². The summed E-state index contributed by atoms with van der Waals surface area (Å²) in [5.74, 6) is -0.240. The molecular weight excluding hydrogens is 249 g/mol. The molecule has 1 saturated carbocycles. The normalized spacial score (nSPS) is 18.4. The van der Waals surface area contributed by atoms with E-state index >= 15 is 0 Å². The molecule has 3 heteroatoms. The molecule has 0 amide bonds. The van der Waals surface area contributed by atoms with Gasteiger partial charge < -0.3 is 5.32 Å². The second kappa shape index (κ2) is 5.41. The molecule has 1 unspecified atom stereocenters. The maximum Gasteiger partial charge on any atom is 0.123 e. The largest absolute Gasteiger partial charge is 0.313 e. The predicted octanol–water partition coefficient (Wildman–Crippen LogP) is 3.97. The second-order valence-corrected chi connectivity index (χ2v) is 5.83. The highest BCUT2D eigenvalue weighted by Crippen LogP contribution is 2.29. The van der Waals surface area contributed by atoms with Crippen molar-refractivity contribution in [1.82, 2.24) is 5.32 Å². The summed E-state index contributed by atoms with van der Waals surface area (Å²) in [5, 5.41) is 4.12. The van der Waals surface area contributed by atoms with Gasteiger partial charge in [0.25, 0.3) is 0 Å². The van der Waals surface area contributed by atoms with Crippen molar-refractivity contribution in [3.63, 3.8) is 0 Å². The maximum atomic E-state index is 13.3. The van der Waals surface area contributed by atoms with Crippen LogP contribution in [0.2, 0.25) is 5.02 Å². The van der Waals surface area contributed by atoms with Crippen molar-refractivity contribution in [3.05, 3.63) is 47.3 Å². The van der Waals surface area contributed by atoms with Crippen molar-refractivity contribution < 1.29 is 4.39 Å². The van der Waals surface area contributed by atoms with Crippen LogP contribution in [0.4, 0.5) is 4.39 Å². The fraction of sp³-hybridized carbons (Fsp3) is 0.467. The number of hydrogen-bond acceptors (Lipinski definition) is 1. The van der Waals surface area contributed by atoms with Crippen LogP contribution in [0.25, 0.3) is 0 Å². The lowest BCUT2D eigenvalue weighted by atomic mass is 9.83. The molecule has 0 radical (unpaired) electrons. The first-order valence-corrected chi connectivity index (χ1v) is 6.71. The molecule has 1 aliphatic carbocycles.